The van der Waals surface area contributed by atoms with Crippen molar-refractivity contribution in [2.75, 3.05) is 7.11 Å². The van der Waals surface area contributed by atoms with E-state index in [0.29, 0.717) is 25.2 Å². The van der Waals surface area contributed by atoms with Crippen molar-refractivity contribution in [3.8, 4) is 5.75 Å². The van der Waals surface area contributed by atoms with Crippen molar-refractivity contribution in [3.05, 3.63) is 112 Å². The Morgan fingerprint density at radius 3 is 2.62 bits per heavy atom. The number of aromatic nitrogens is 6. The molecule has 5 rings (SSSR count). The van der Waals surface area contributed by atoms with Crippen LogP contribution in [0.5, 0.6) is 5.75 Å². The number of rotatable bonds is 10. The van der Waals surface area contributed by atoms with Crippen LogP contribution in [0, 0.1) is 0 Å². The third-order valence-corrected chi connectivity index (χ3v) is 6.47. The minimum absolute atomic E-state index is 0.118. The summed E-state index contributed by atoms with van der Waals surface area (Å²) in [5.74, 6) is 1.50. The van der Waals surface area contributed by atoms with Gasteiger partial charge < -0.3 is 9.72 Å². The molecule has 1 N–H and O–H groups in total. The summed E-state index contributed by atoms with van der Waals surface area (Å²) in [6, 6.07) is 21.5. The van der Waals surface area contributed by atoms with Gasteiger partial charge in [0.2, 0.25) is 0 Å². The number of hydrogen-bond donors (Lipinski definition) is 1. The smallest absolute Gasteiger partial charge is 0.252 e. The summed E-state index contributed by atoms with van der Waals surface area (Å²) in [7, 11) is 1.63. The number of nitrogens with one attached hydrogen (secondary N) is 1. The topological polar surface area (TPSA) is 102 Å². The van der Waals surface area contributed by atoms with Gasteiger partial charge in [-0.05, 0) is 58.3 Å². The van der Waals surface area contributed by atoms with E-state index in [9.17, 15) is 4.79 Å². The van der Waals surface area contributed by atoms with Crippen molar-refractivity contribution in [3.63, 3.8) is 0 Å². The minimum Gasteiger partial charge on any atom is -0.497 e. The number of tetrazole rings is 1. The second-order valence-corrected chi connectivity index (χ2v) is 8.95. The van der Waals surface area contributed by atoms with Gasteiger partial charge in [-0.2, -0.15) is 0 Å². The summed E-state index contributed by atoms with van der Waals surface area (Å²) in [4.78, 5) is 22.7. The first-order valence-electron chi connectivity index (χ1n) is 12.3. The summed E-state index contributed by atoms with van der Waals surface area (Å²) in [5, 5.41) is 13.6. The van der Waals surface area contributed by atoms with E-state index in [1.165, 1.54) is 0 Å². The van der Waals surface area contributed by atoms with Gasteiger partial charge in [0.1, 0.15) is 5.75 Å². The SMILES string of the molecule is CC[C@H](c1nnnn1Cc1ccccc1)N(Cc1cccnc1)Cc1cc2cc(OC)ccc2[nH]c1=O. The Labute approximate surface area is 214 Å². The second kappa shape index (κ2) is 11.1. The maximum Gasteiger partial charge on any atom is 0.252 e. The highest BCUT2D eigenvalue weighted by atomic mass is 16.5. The van der Waals surface area contributed by atoms with Crippen LogP contribution in [0.3, 0.4) is 0 Å². The molecular formula is C28H29N7O2. The van der Waals surface area contributed by atoms with E-state index in [1.807, 2.05) is 65.5 Å². The van der Waals surface area contributed by atoms with Crippen molar-refractivity contribution in [2.24, 2.45) is 0 Å². The lowest BCUT2D eigenvalue weighted by molar-refractivity contribution is 0.161. The van der Waals surface area contributed by atoms with Crippen LogP contribution in [0.2, 0.25) is 0 Å². The first-order valence-corrected chi connectivity index (χ1v) is 12.3. The molecule has 0 aliphatic rings. The van der Waals surface area contributed by atoms with Crippen LogP contribution in [-0.4, -0.2) is 42.2 Å². The van der Waals surface area contributed by atoms with Crippen molar-refractivity contribution < 1.29 is 4.74 Å². The Balaban J connectivity index is 1.52. The van der Waals surface area contributed by atoms with E-state index < -0.39 is 0 Å². The Kier molecular flexibility index (Phi) is 7.32. The summed E-state index contributed by atoms with van der Waals surface area (Å²) < 4.78 is 7.23. The second-order valence-electron chi connectivity index (χ2n) is 8.95. The lowest BCUT2D eigenvalue weighted by Crippen LogP contribution is -2.32. The molecule has 188 valence electrons. The molecule has 0 spiro atoms. The van der Waals surface area contributed by atoms with Crippen LogP contribution in [0.15, 0.2) is 83.9 Å². The molecule has 9 nitrogen and oxygen atoms in total. The van der Waals surface area contributed by atoms with Crippen LogP contribution in [0.25, 0.3) is 10.9 Å². The van der Waals surface area contributed by atoms with E-state index in [2.05, 4.69) is 49.4 Å². The van der Waals surface area contributed by atoms with E-state index in [1.54, 1.807) is 13.3 Å². The van der Waals surface area contributed by atoms with E-state index in [-0.39, 0.29) is 11.6 Å². The average Bonchev–Trinajstić information content (AvgIpc) is 3.38. The molecule has 2 aromatic carbocycles. The maximum absolute atomic E-state index is 13.1. The molecule has 0 aliphatic carbocycles. The van der Waals surface area contributed by atoms with Crippen LogP contribution >= 0.6 is 0 Å². The Hall–Kier alpha value is -4.37. The molecule has 3 heterocycles. The lowest BCUT2D eigenvalue weighted by atomic mass is 10.1. The van der Waals surface area contributed by atoms with E-state index in [4.69, 9.17) is 4.74 Å². The zero-order valence-electron chi connectivity index (χ0n) is 20.9. The number of hydrogen-bond acceptors (Lipinski definition) is 7. The van der Waals surface area contributed by atoms with Gasteiger partial charge in [-0.3, -0.25) is 14.7 Å². The number of pyridine rings is 2. The van der Waals surface area contributed by atoms with Crippen LogP contribution in [0.1, 0.15) is 41.9 Å². The van der Waals surface area contributed by atoms with Crippen LogP contribution in [0.4, 0.5) is 0 Å². The number of ether oxygens (including phenoxy) is 1. The van der Waals surface area contributed by atoms with Gasteiger partial charge in [0.25, 0.3) is 5.56 Å². The van der Waals surface area contributed by atoms with Crippen LogP contribution < -0.4 is 10.3 Å². The van der Waals surface area contributed by atoms with Gasteiger partial charge >= 0.3 is 0 Å². The number of H-pyrrole nitrogens is 1. The summed E-state index contributed by atoms with van der Waals surface area (Å²) in [6.07, 6.45) is 4.36. The molecular weight excluding hydrogens is 466 g/mol. The fourth-order valence-electron chi connectivity index (χ4n) is 4.62. The first-order chi connectivity index (χ1) is 18.1. The minimum atomic E-state index is -0.126. The van der Waals surface area contributed by atoms with Gasteiger partial charge in [-0.25, -0.2) is 4.68 Å². The zero-order chi connectivity index (χ0) is 25.6. The van der Waals surface area contributed by atoms with Gasteiger partial charge in [0.15, 0.2) is 5.82 Å². The molecule has 37 heavy (non-hydrogen) atoms. The van der Waals surface area contributed by atoms with Crippen molar-refractivity contribution >= 4 is 10.9 Å². The normalized spacial score (nSPS) is 12.2. The number of fused-ring (bicyclic) bond motifs is 1. The molecule has 0 saturated heterocycles. The van der Waals surface area contributed by atoms with Crippen molar-refractivity contribution in [1.82, 2.24) is 35.1 Å². The summed E-state index contributed by atoms with van der Waals surface area (Å²) in [6.45, 7) is 3.67. The maximum atomic E-state index is 13.1. The number of aromatic amines is 1. The number of methoxy groups -OCH3 is 1. The largest absolute Gasteiger partial charge is 0.497 e. The Morgan fingerprint density at radius 2 is 1.86 bits per heavy atom. The van der Waals surface area contributed by atoms with Gasteiger partial charge in [-0.1, -0.05) is 43.3 Å². The quantitative estimate of drug-likeness (QED) is 0.311. The highest BCUT2D eigenvalue weighted by Gasteiger charge is 2.26. The molecule has 0 fully saturated rings. The molecule has 9 heteroatoms. The third kappa shape index (κ3) is 5.57. The fourth-order valence-corrected chi connectivity index (χ4v) is 4.62. The van der Waals surface area contributed by atoms with Crippen LogP contribution in [-0.2, 0) is 19.6 Å². The van der Waals surface area contributed by atoms with Gasteiger partial charge in [0, 0.05) is 41.9 Å². The first kappa shape index (κ1) is 24.3. The van der Waals surface area contributed by atoms with E-state index >= 15 is 0 Å². The highest BCUT2D eigenvalue weighted by Crippen LogP contribution is 2.27. The predicted octanol–water partition coefficient (Wildman–Crippen LogP) is 4.12. The molecule has 3 aromatic heterocycles. The fraction of sp³-hybridized carbons (Fsp3) is 0.250. The summed E-state index contributed by atoms with van der Waals surface area (Å²) >= 11 is 0. The van der Waals surface area contributed by atoms with Gasteiger partial charge in [-0.15, -0.1) is 5.10 Å². The molecule has 0 radical (unpaired) electrons. The third-order valence-electron chi connectivity index (χ3n) is 6.47. The zero-order valence-corrected chi connectivity index (χ0v) is 20.9. The molecule has 0 unspecified atom stereocenters. The molecule has 0 aliphatic heterocycles. The van der Waals surface area contributed by atoms with Crippen molar-refractivity contribution in [2.45, 2.75) is 39.0 Å². The predicted molar refractivity (Wildman–Crippen MR) is 141 cm³/mol. The molecule has 1 atom stereocenters. The molecule has 0 amide bonds. The number of nitrogens with zero attached hydrogens (tertiary/aromatic N) is 6. The number of benzene rings is 2. The van der Waals surface area contributed by atoms with E-state index in [0.717, 1.165) is 40.0 Å². The average molecular weight is 496 g/mol. The highest BCUT2D eigenvalue weighted by molar-refractivity contribution is 5.80. The monoisotopic (exact) mass is 495 g/mol. The summed E-state index contributed by atoms with van der Waals surface area (Å²) in [5.41, 5.74) is 3.47. The Bertz CT molecular complexity index is 1520. The van der Waals surface area contributed by atoms with Crippen molar-refractivity contribution in [1.29, 1.82) is 0 Å². The molecule has 5 aromatic rings. The van der Waals surface area contributed by atoms with Gasteiger partial charge in [0.05, 0.1) is 19.7 Å². The standard InChI is InChI=1S/C28H29N7O2/c1-3-26(27-31-32-33-35(27)18-20-8-5-4-6-9-20)34(17-21-10-7-13-29-16-21)19-23-14-22-15-24(37-2)11-12-25(22)30-28(23)36/h4-16,26H,3,17-19H2,1-2H3,(H,30,36)/t26-/m1/s1. The Morgan fingerprint density at radius 1 is 1.03 bits per heavy atom. The molecule has 0 saturated carbocycles. The lowest BCUT2D eigenvalue weighted by Gasteiger charge is -2.30. The molecule has 0 bridgehead atoms.